The topological polar surface area (TPSA) is 67.9 Å². The van der Waals surface area contributed by atoms with Crippen LogP contribution in [0, 0.1) is 5.82 Å². The second-order valence-corrected chi connectivity index (χ2v) is 14.8. The number of hydrogen-bond donors (Lipinski definition) is 1. The maximum atomic E-state index is 14.7. The van der Waals surface area contributed by atoms with Crippen molar-refractivity contribution in [2.75, 3.05) is 40.0 Å². The van der Waals surface area contributed by atoms with E-state index in [1.165, 1.54) is 6.07 Å². The summed E-state index contributed by atoms with van der Waals surface area (Å²) in [5.74, 6) is -0.669. The van der Waals surface area contributed by atoms with Crippen LogP contribution in [-0.2, 0) is 32.1 Å². The zero-order valence-corrected chi connectivity index (χ0v) is 21.5. The number of morpholine rings is 1. The van der Waals surface area contributed by atoms with Gasteiger partial charge in [-0.05, 0) is 27.9 Å². The van der Waals surface area contributed by atoms with E-state index in [0.29, 0.717) is 44.0 Å². The highest BCUT2D eigenvalue weighted by Crippen LogP contribution is 2.19. The zero-order valence-electron chi connectivity index (χ0n) is 20.5. The van der Waals surface area contributed by atoms with Crippen molar-refractivity contribution < 1.29 is 23.5 Å². The third kappa shape index (κ3) is 7.30. The number of ketones is 1. The fraction of sp³-hybridized carbons (Fsp3) is 0.462. The molecule has 1 atom stereocenters. The van der Waals surface area contributed by atoms with Crippen LogP contribution in [0.2, 0.25) is 19.6 Å². The average molecular weight is 487 g/mol. The van der Waals surface area contributed by atoms with E-state index in [-0.39, 0.29) is 30.5 Å². The average Bonchev–Trinajstić information content (AvgIpc) is 2.78. The Morgan fingerprint density at radius 1 is 1.09 bits per heavy atom. The Morgan fingerprint density at radius 3 is 2.32 bits per heavy atom. The lowest BCUT2D eigenvalue weighted by atomic mass is 9.96. The van der Waals surface area contributed by atoms with Gasteiger partial charge >= 0.3 is 0 Å². The van der Waals surface area contributed by atoms with Crippen LogP contribution in [0.1, 0.15) is 22.7 Å². The first-order valence-electron chi connectivity index (χ1n) is 11.7. The standard InChI is InChI=1S/C26H35FN2O4Si/c1-32-18-19-5-8-21(9-6-19)26(28-25(31)17-29-11-13-33-14-12-29)23(30)16-20-7-10-24(22(27)15-20)34(2,3)4/h5-10,15,26H,11-14,16-18H2,1-4H3,(H,28,31)/t26-/m1/s1. The minimum atomic E-state index is -1.81. The highest BCUT2D eigenvalue weighted by molar-refractivity contribution is 6.88. The maximum absolute atomic E-state index is 14.7. The number of halogens is 1. The van der Waals surface area contributed by atoms with Crippen LogP contribution in [0.15, 0.2) is 42.5 Å². The molecule has 1 aliphatic rings. The van der Waals surface area contributed by atoms with Gasteiger partial charge in [0.25, 0.3) is 0 Å². The normalized spacial score (nSPS) is 15.7. The minimum absolute atomic E-state index is 0.0330. The molecule has 1 fully saturated rings. The molecule has 184 valence electrons. The van der Waals surface area contributed by atoms with Crippen molar-refractivity contribution in [2.45, 2.75) is 38.7 Å². The van der Waals surface area contributed by atoms with Crippen LogP contribution < -0.4 is 10.5 Å². The molecular formula is C26H35FN2O4Si. The molecule has 34 heavy (non-hydrogen) atoms. The molecule has 6 nitrogen and oxygen atoms in total. The van der Waals surface area contributed by atoms with Gasteiger partial charge in [-0.25, -0.2) is 4.39 Å². The molecule has 0 aliphatic carbocycles. The van der Waals surface area contributed by atoms with Gasteiger partial charge in [0.1, 0.15) is 11.9 Å². The Labute approximate surface area is 202 Å². The lowest BCUT2D eigenvalue weighted by Gasteiger charge is -2.27. The molecule has 1 N–H and O–H groups in total. The summed E-state index contributed by atoms with van der Waals surface area (Å²) in [5.41, 5.74) is 2.27. The third-order valence-corrected chi connectivity index (χ3v) is 7.96. The molecule has 2 aromatic carbocycles. The number of ether oxygens (including phenoxy) is 2. The van der Waals surface area contributed by atoms with Gasteiger partial charge in [-0.15, -0.1) is 0 Å². The summed E-state index contributed by atoms with van der Waals surface area (Å²) in [6.07, 6.45) is 0.0330. The molecule has 0 aromatic heterocycles. The molecule has 0 unspecified atom stereocenters. The van der Waals surface area contributed by atoms with Crippen LogP contribution >= 0.6 is 0 Å². The van der Waals surface area contributed by atoms with Crippen LogP contribution in [0.4, 0.5) is 4.39 Å². The molecular weight excluding hydrogens is 451 g/mol. The molecule has 1 aliphatic heterocycles. The van der Waals surface area contributed by atoms with Crippen LogP contribution in [0.3, 0.4) is 0 Å². The number of benzene rings is 2. The van der Waals surface area contributed by atoms with Gasteiger partial charge in [0.05, 0.1) is 34.4 Å². The maximum Gasteiger partial charge on any atom is 0.235 e. The number of Topliss-reactive ketones (excluding diaryl/α,β-unsaturated/α-hetero) is 1. The van der Waals surface area contributed by atoms with E-state index < -0.39 is 14.1 Å². The number of hydrogen-bond acceptors (Lipinski definition) is 5. The third-order valence-electron chi connectivity index (χ3n) is 5.94. The Hall–Kier alpha value is -2.39. The minimum Gasteiger partial charge on any atom is -0.380 e. The van der Waals surface area contributed by atoms with Gasteiger partial charge in [0.15, 0.2) is 5.78 Å². The van der Waals surface area contributed by atoms with Crippen LogP contribution in [0.25, 0.3) is 0 Å². The molecule has 2 aromatic rings. The predicted molar refractivity (Wildman–Crippen MR) is 133 cm³/mol. The summed E-state index contributed by atoms with van der Waals surface area (Å²) in [6.45, 7) is 9.47. The van der Waals surface area contributed by atoms with Crippen molar-refractivity contribution in [3.63, 3.8) is 0 Å². The number of carbonyl (C=O) groups excluding carboxylic acids is 2. The molecule has 0 saturated carbocycles. The van der Waals surface area contributed by atoms with E-state index in [9.17, 15) is 14.0 Å². The fourth-order valence-corrected chi connectivity index (χ4v) is 5.44. The second kappa shape index (κ2) is 11.8. The van der Waals surface area contributed by atoms with Crippen LogP contribution in [0.5, 0.6) is 0 Å². The highest BCUT2D eigenvalue weighted by atomic mass is 28.3. The first-order valence-corrected chi connectivity index (χ1v) is 15.2. The van der Waals surface area contributed by atoms with E-state index in [0.717, 1.165) is 10.8 Å². The fourth-order valence-electron chi connectivity index (χ4n) is 4.07. The molecule has 0 bridgehead atoms. The summed E-state index contributed by atoms with van der Waals surface area (Å²) >= 11 is 0. The van der Waals surface area contributed by atoms with E-state index in [2.05, 4.69) is 25.0 Å². The van der Waals surface area contributed by atoms with Gasteiger partial charge in [-0.2, -0.15) is 0 Å². The smallest absolute Gasteiger partial charge is 0.235 e. The van der Waals surface area contributed by atoms with Crippen molar-refractivity contribution in [1.82, 2.24) is 10.2 Å². The van der Waals surface area contributed by atoms with Crippen molar-refractivity contribution >= 4 is 25.0 Å². The van der Waals surface area contributed by atoms with Crippen molar-refractivity contribution in [3.05, 3.63) is 65.0 Å². The summed E-state index contributed by atoms with van der Waals surface area (Å²) < 4.78 is 25.2. The van der Waals surface area contributed by atoms with E-state index in [1.807, 2.05) is 35.2 Å². The molecule has 1 amide bonds. The predicted octanol–water partition coefficient (Wildman–Crippen LogP) is 2.82. The van der Waals surface area contributed by atoms with Gasteiger partial charge in [0, 0.05) is 26.6 Å². The largest absolute Gasteiger partial charge is 0.380 e. The van der Waals surface area contributed by atoms with Crippen molar-refractivity contribution in [1.29, 1.82) is 0 Å². The van der Waals surface area contributed by atoms with Crippen molar-refractivity contribution in [2.24, 2.45) is 0 Å². The van der Waals surface area contributed by atoms with E-state index >= 15 is 0 Å². The summed E-state index contributed by atoms with van der Waals surface area (Å²) in [5, 5.41) is 3.66. The number of amides is 1. The monoisotopic (exact) mass is 486 g/mol. The molecule has 1 heterocycles. The Kier molecular flexibility index (Phi) is 9.13. The molecule has 0 spiro atoms. The number of nitrogens with one attached hydrogen (secondary N) is 1. The quantitative estimate of drug-likeness (QED) is 0.523. The molecule has 1 saturated heterocycles. The number of nitrogens with zero attached hydrogens (tertiary/aromatic N) is 1. The number of rotatable bonds is 10. The van der Waals surface area contributed by atoms with Gasteiger partial charge in [0.2, 0.25) is 5.91 Å². The zero-order chi connectivity index (χ0) is 24.7. The molecule has 3 rings (SSSR count). The van der Waals surface area contributed by atoms with Gasteiger partial charge < -0.3 is 14.8 Å². The first-order chi connectivity index (χ1) is 16.2. The Bertz CT molecular complexity index is 985. The Balaban J connectivity index is 1.78. The summed E-state index contributed by atoms with van der Waals surface area (Å²) in [6, 6.07) is 11.7. The number of methoxy groups -OCH3 is 1. The van der Waals surface area contributed by atoms with E-state index in [4.69, 9.17) is 9.47 Å². The number of carbonyl (C=O) groups is 2. The highest BCUT2D eigenvalue weighted by Gasteiger charge is 2.26. The summed E-state index contributed by atoms with van der Waals surface area (Å²) in [7, 11) is -0.188. The lowest BCUT2D eigenvalue weighted by molar-refractivity contribution is -0.129. The van der Waals surface area contributed by atoms with Gasteiger partial charge in [-0.1, -0.05) is 56.0 Å². The summed E-state index contributed by atoms with van der Waals surface area (Å²) in [4.78, 5) is 28.2. The lowest BCUT2D eigenvalue weighted by Crippen LogP contribution is -2.45. The Morgan fingerprint density at radius 2 is 1.74 bits per heavy atom. The molecule has 8 heteroatoms. The van der Waals surface area contributed by atoms with Crippen molar-refractivity contribution in [3.8, 4) is 0 Å². The van der Waals surface area contributed by atoms with E-state index in [1.54, 1.807) is 13.2 Å². The van der Waals surface area contributed by atoms with Crippen LogP contribution in [-0.4, -0.2) is 64.6 Å². The molecule has 0 radical (unpaired) electrons. The SMILES string of the molecule is COCc1ccc([C@@H](NC(=O)CN2CCOCC2)C(=O)Cc2ccc([Si](C)(C)C)c(F)c2)cc1. The van der Waals surface area contributed by atoms with Gasteiger partial charge in [-0.3, -0.25) is 14.5 Å². The first kappa shape index (κ1) is 26.2. The second-order valence-electron chi connectivity index (χ2n) is 9.77.